The fourth-order valence-electron chi connectivity index (χ4n) is 2.90. The summed E-state index contributed by atoms with van der Waals surface area (Å²) < 4.78 is 1.77. The molecule has 1 aromatic carbocycles. The molecule has 2 N–H and O–H groups in total. The number of carbonyl (C=O) groups is 1. The Bertz CT molecular complexity index is 708. The number of benzene rings is 1. The second-order valence-corrected chi connectivity index (χ2v) is 6.74. The average Bonchev–Trinajstić information content (AvgIpc) is 2.95. The predicted octanol–water partition coefficient (Wildman–Crippen LogP) is 2.18. The molecule has 6 nitrogen and oxygen atoms in total. The van der Waals surface area contributed by atoms with Crippen LogP contribution in [0.5, 0.6) is 0 Å². The first kappa shape index (κ1) is 19.0. The van der Waals surface area contributed by atoms with Gasteiger partial charge in [-0.1, -0.05) is 23.8 Å². The van der Waals surface area contributed by atoms with Crippen LogP contribution in [0.1, 0.15) is 28.3 Å². The number of aromatic nitrogens is 2. The van der Waals surface area contributed by atoms with E-state index in [-0.39, 0.29) is 12.1 Å². The Hall–Kier alpha value is -2.34. The zero-order valence-electron chi connectivity index (χ0n) is 15.8. The molecule has 0 bridgehead atoms. The van der Waals surface area contributed by atoms with Crippen molar-refractivity contribution in [2.45, 2.75) is 26.3 Å². The molecular weight excluding hydrogens is 314 g/mol. The number of carbonyl (C=O) groups excluding carboxylic acids is 1. The van der Waals surface area contributed by atoms with E-state index in [1.165, 1.54) is 16.7 Å². The van der Waals surface area contributed by atoms with Crippen LogP contribution in [-0.2, 0) is 13.5 Å². The van der Waals surface area contributed by atoms with Crippen molar-refractivity contribution in [2.24, 2.45) is 7.05 Å². The summed E-state index contributed by atoms with van der Waals surface area (Å²) in [5.41, 5.74) is 4.89. The molecule has 1 heterocycles. The smallest absolute Gasteiger partial charge is 0.314 e. The summed E-state index contributed by atoms with van der Waals surface area (Å²) in [5.74, 6) is 0. The van der Waals surface area contributed by atoms with Gasteiger partial charge in [0, 0.05) is 31.9 Å². The van der Waals surface area contributed by atoms with E-state index >= 15 is 0 Å². The van der Waals surface area contributed by atoms with Crippen LogP contribution < -0.4 is 10.6 Å². The number of rotatable bonds is 7. The van der Waals surface area contributed by atoms with Gasteiger partial charge < -0.3 is 15.5 Å². The summed E-state index contributed by atoms with van der Waals surface area (Å²) in [6, 6.07) is 6.37. The monoisotopic (exact) mass is 343 g/mol. The summed E-state index contributed by atoms with van der Waals surface area (Å²) in [4.78, 5) is 14.2. The Kier molecular flexibility index (Phi) is 6.58. The molecule has 25 heavy (non-hydrogen) atoms. The molecule has 0 unspecified atom stereocenters. The van der Waals surface area contributed by atoms with Crippen molar-refractivity contribution in [1.82, 2.24) is 25.3 Å². The van der Waals surface area contributed by atoms with Crippen molar-refractivity contribution in [1.29, 1.82) is 0 Å². The fourth-order valence-corrected chi connectivity index (χ4v) is 2.90. The molecular formula is C19H29N5O. The second-order valence-electron chi connectivity index (χ2n) is 6.74. The lowest BCUT2D eigenvalue weighted by Gasteiger charge is -2.23. The zero-order chi connectivity index (χ0) is 18.4. The first-order valence-corrected chi connectivity index (χ1v) is 8.59. The SMILES string of the molecule is Cc1ccc(CCNC(=O)NC[C@@H](c2cnn(C)c2)N(C)C)c(C)c1. The van der Waals surface area contributed by atoms with Gasteiger partial charge in [-0.15, -0.1) is 0 Å². The van der Waals surface area contributed by atoms with Crippen LogP contribution in [0.4, 0.5) is 4.79 Å². The number of likely N-dealkylation sites (N-methyl/N-ethyl adjacent to an activating group) is 1. The third kappa shape index (κ3) is 5.60. The third-order valence-corrected chi connectivity index (χ3v) is 4.37. The molecule has 0 aliphatic heterocycles. The maximum atomic E-state index is 12.1. The Morgan fingerprint density at radius 1 is 1.28 bits per heavy atom. The molecule has 2 aromatic rings. The van der Waals surface area contributed by atoms with E-state index in [2.05, 4.69) is 52.7 Å². The topological polar surface area (TPSA) is 62.2 Å². The molecule has 2 amide bonds. The van der Waals surface area contributed by atoms with Gasteiger partial charge in [0.1, 0.15) is 0 Å². The summed E-state index contributed by atoms with van der Waals surface area (Å²) in [5, 5.41) is 10.1. The molecule has 0 aliphatic carbocycles. The van der Waals surface area contributed by atoms with E-state index in [0.717, 1.165) is 12.0 Å². The van der Waals surface area contributed by atoms with E-state index in [9.17, 15) is 4.79 Å². The quantitative estimate of drug-likeness (QED) is 0.810. The van der Waals surface area contributed by atoms with Gasteiger partial charge in [0.2, 0.25) is 0 Å². The Morgan fingerprint density at radius 3 is 2.64 bits per heavy atom. The zero-order valence-corrected chi connectivity index (χ0v) is 15.8. The van der Waals surface area contributed by atoms with Gasteiger partial charge in [-0.25, -0.2) is 4.79 Å². The lowest BCUT2D eigenvalue weighted by Crippen LogP contribution is -2.41. The molecule has 136 valence electrons. The molecule has 0 aliphatic rings. The van der Waals surface area contributed by atoms with Gasteiger partial charge in [0.15, 0.2) is 0 Å². The summed E-state index contributed by atoms with van der Waals surface area (Å²) in [7, 11) is 5.89. The van der Waals surface area contributed by atoms with E-state index in [4.69, 9.17) is 0 Å². The standard InChI is InChI=1S/C19H29N5O/c1-14-6-7-16(15(2)10-14)8-9-20-19(25)21-12-18(23(3)4)17-11-22-24(5)13-17/h6-7,10-11,13,18H,8-9,12H2,1-5H3,(H2,20,21,25)/t18-/m0/s1. The van der Waals surface area contributed by atoms with Crippen LogP contribution in [-0.4, -0.2) is 47.9 Å². The largest absolute Gasteiger partial charge is 0.338 e. The van der Waals surface area contributed by atoms with E-state index in [1.54, 1.807) is 4.68 Å². The van der Waals surface area contributed by atoms with Gasteiger partial charge in [-0.2, -0.15) is 5.10 Å². The first-order chi connectivity index (χ1) is 11.9. The van der Waals surface area contributed by atoms with Crippen LogP contribution in [0.25, 0.3) is 0 Å². The highest BCUT2D eigenvalue weighted by Crippen LogP contribution is 2.16. The van der Waals surface area contributed by atoms with Gasteiger partial charge >= 0.3 is 6.03 Å². The average molecular weight is 343 g/mol. The number of urea groups is 1. The van der Waals surface area contributed by atoms with Crippen LogP contribution in [0.15, 0.2) is 30.6 Å². The highest BCUT2D eigenvalue weighted by Gasteiger charge is 2.16. The van der Waals surface area contributed by atoms with Crippen molar-refractivity contribution >= 4 is 6.03 Å². The van der Waals surface area contributed by atoms with Gasteiger partial charge in [0.05, 0.1) is 12.2 Å². The summed E-state index contributed by atoms with van der Waals surface area (Å²) >= 11 is 0. The highest BCUT2D eigenvalue weighted by molar-refractivity contribution is 5.73. The van der Waals surface area contributed by atoms with E-state index in [0.29, 0.717) is 13.1 Å². The number of hydrogen-bond acceptors (Lipinski definition) is 3. The summed E-state index contributed by atoms with van der Waals surface area (Å²) in [6.07, 6.45) is 4.65. The number of aryl methyl sites for hydroxylation is 3. The molecule has 0 radical (unpaired) electrons. The van der Waals surface area contributed by atoms with Crippen molar-refractivity contribution in [3.05, 3.63) is 52.8 Å². The Labute approximate surface area is 150 Å². The van der Waals surface area contributed by atoms with Gasteiger partial charge in [-0.05, 0) is 45.5 Å². The number of hydrogen-bond donors (Lipinski definition) is 2. The number of nitrogens with zero attached hydrogens (tertiary/aromatic N) is 3. The Balaban J connectivity index is 1.79. The Morgan fingerprint density at radius 2 is 2.04 bits per heavy atom. The molecule has 1 atom stereocenters. The lowest BCUT2D eigenvalue weighted by atomic mass is 10.0. The maximum Gasteiger partial charge on any atom is 0.314 e. The van der Waals surface area contributed by atoms with Crippen molar-refractivity contribution in [3.63, 3.8) is 0 Å². The van der Waals surface area contributed by atoms with Crippen molar-refractivity contribution in [2.75, 3.05) is 27.2 Å². The van der Waals surface area contributed by atoms with Crippen molar-refractivity contribution in [3.8, 4) is 0 Å². The van der Waals surface area contributed by atoms with Crippen LogP contribution in [0.3, 0.4) is 0 Å². The predicted molar refractivity (Wildman–Crippen MR) is 101 cm³/mol. The molecule has 6 heteroatoms. The maximum absolute atomic E-state index is 12.1. The van der Waals surface area contributed by atoms with E-state index < -0.39 is 0 Å². The van der Waals surface area contributed by atoms with Gasteiger partial charge in [0.25, 0.3) is 0 Å². The minimum atomic E-state index is -0.138. The summed E-state index contributed by atoms with van der Waals surface area (Å²) in [6.45, 7) is 5.35. The minimum absolute atomic E-state index is 0.0961. The minimum Gasteiger partial charge on any atom is -0.338 e. The third-order valence-electron chi connectivity index (χ3n) is 4.37. The second kappa shape index (κ2) is 8.67. The molecule has 1 aromatic heterocycles. The molecule has 0 fully saturated rings. The number of nitrogens with one attached hydrogen (secondary N) is 2. The van der Waals surface area contributed by atoms with Crippen LogP contribution in [0.2, 0.25) is 0 Å². The number of amides is 2. The van der Waals surface area contributed by atoms with Crippen LogP contribution in [0, 0.1) is 13.8 Å². The normalized spacial score (nSPS) is 12.2. The molecule has 2 rings (SSSR count). The highest BCUT2D eigenvalue weighted by atomic mass is 16.2. The van der Waals surface area contributed by atoms with E-state index in [1.807, 2.05) is 33.5 Å². The molecule has 0 saturated carbocycles. The fraction of sp³-hybridized carbons (Fsp3) is 0.474. The molecule has 0 saturated heterocycles. The molecule has 0 spiro atoms. The lowest BCUT2D eigenvalue weighted by molar-refractivity contribution is 0.233. The van der Waals surface area contributed by atoms with Crippen LogP contribution >= 0.6 is 0 Å². The van der Waals surface area contributed by atoms with Crippen molar-refractivity contribution < 1.29 is 4.79 Å². The van der Waals surface area contributed by atoms with Gasteiger partial charge in [-0.3, -0.25) is 4.68 Å². The first-order valence-electron chi connectivity index (χ1n) is 8.59.